The van der Waals surface area contributed by atoms with Crippen LogP contribution in [-0.4, -0.2) is 35.5 Å². The van der Waals surface area contributed by atoms with Crippen LogP contribution < -0.4 is 14.8 Å². The maximum Gasteiger partial charge on any atom is 0.265 e. The number of nitrogens with one attached hydrogen (secondary N) is 1. The van der Waals surface area contributed by atoms with Crippen molar-refractivity contribution in [2.75, 3.05) is 13.7 Å². The number of carbonyl (C=O) groups excluding carboxylic acids is 2. The molecule has 0 aliphatic carbocycles. The predicted octanol–water partition coefficient (Wildman–Crippen LogP) is 3.99. The Balaban J connectivity index is 1.91. The first kappa shape index (κ1) is 22.6. The summed E-state index contributed by atoms with van der Waals surface area (Å²) in [5, 5.41) is 2.52. The van der Waals surface area contributed by atoms with Gasteiger partial charge in [-0.15, -0.1) is 6.58 Å². The van der Waals surface area contributed by atoms with Crippen LogP contribution in [-0.2, 0) is 16.2 Å². The number of halogens is 2. The predicted molar refractivity (Wildman–Crippen MR) is 122 cm³/mol. The second-order valence-electron chi connectivity index (χ2n) is 6.43. The molecule has 2 aromatic rings. The van der Waals surface area contributed by atoms with E-state index in [4.69, 9.17) is 21.7 Å². The van der Waals surface area contributed by atoms with E-state index >= 15 is 0 Å². The van der Waals surface area contributed by atoms with Gasteiger partial charge in [0.1, 0.15) is 18.0 Å². The summed E-state index contributed by atoms with van der Waals surface area (Å²) in [6.07, 6.45) is 2.95. The standard InChI is InChI=1S/C22H18BrFN2O4S/c1-3-8-26-21(28)15(20(27)25-22(26)31)9-14-10-18(29-2)19(11-16(14)23)30-12-13-6-4-5-7-17(13)24/h3-7,9-11H,1,8,12H2,2H3,(H,25,27,31)/b15-9+. The molecule has 0 unspecified atom stereocenters. The smallest absolute Gasteiger partial charge is 0.265 e. The highest BCUT2D eigenvalue weighted by atomic mass is 79.9. The van der Waals surface area contributed by atoms with Gasteiger partial charge in [-0.3, -0.25) is 19.8 Å². The van der Waals surface area contributed by atoms with Crippen LogP contribution in [0.5, 0.6) is 11.5 Å². The fourth-order valence-electron chi connectivity index (χ4n) is 2.85. The van der Waals surface area contributed by atoms with Gasteiger partial charge < -0.3 is 9.47 Å². The van der Waals surface area contributed by atoms with Crippen molar-refractivity contribution in [2.24, 2.45) is 0 Å². The SMILES string of the molecule is C=CCN1C(=O)/C(=C/c2cc(OC)c(OCc3ccccc3F)cc2Br)C(=O)NC1=S. The van der Waals surface area contributed by atoms with Crippen molar-refractivity contribution < 1.29 is 23.5 Å². The largest absolute Gasteiger partial charge is 0.493 e. The van der Waals surface area contributed by atoms with Crippen LogP contribution in [0.25, 0.3) is 6.08 Å². The van der Waals surface area contributed by atoms with Crippen LogP contribution in [0.15, 0.2) is 59.1 Å². The Labute approximate surface area is 192 Å². The van der Waals surface area contributed by atoms with E-state index in [1.165, 1.54) is 30.2 Å². The molecule has 31 heavy (non-hydrogen) atoms. The molecule has 6 nitrogen and oxygen atoms in total. The van der Waals surface area contributed by atoms with Gasteiger partial charge in [-0.05, 0) is 42.1 Å². The Morgan fingerprint density at radius 1 is 1.26 bits per heavy atom. The van der Waals surface area contributed by atoms with E-state index in [1.54, 1.807) is 30.3 Å². The number of nitrogens with zero attached hydrogens (tertiary/aromatic N) is 1. The molecule has 0 radical (unpaired) electrons. The fourth-order valence-corrected chi connectivity index (χ4v) is 3.54. The van der Waals surface area contributed by atoms with Gasteiger partial charge in [0.25, 0.3) is 11.8 Å². The summed E-state index contributed by atoms with van der Waals surface area (Å²) in [6, 6.07) is 9.54. The molecule has 1 heterocycles. The van der Waals surface area contributed by atoms with Gasteiger partial charge in [-0.25, -0.2) is 4.39 Å². The summed E-state index contributed by atoms with van der Waals surface area (Å²) in [4.78, 5) is 26.3. The van der Waals surface area contributed by atoms with Crippen molar-refractivity contribution in [1.82, 2.24) is 10.2 Å². The summed E-state index contributed by atoms with van der Waals surface area (Å²) >= 11 is 8.47. The lowest BCUT2D eigenvalue weighted by molar-refractivity contribution is -0.128. The number of ether oxygens (including phenoxy) is 2. The minimum absolute atomic E-state index is 0.00472. The van der Waals surface area contributed by atoms with E-state index in [0.717, 1.165) is 0 Å². The molecule has 0 bridgehead atoms. The monoisotopic (exact) mass is 504 g/mol. The Morgan fingerprint density at radius 2 is 2.00 bits per heavy atom. The highest BCUT2D eigenvalue weighted by molar-refractivity contribution is 9.10. The summed E-state index contributed by atoms with van der Waals surface area (Å²) in [5.74, 6) is -0.770. The van der Waals surface area contributed by atoms with Crippen LogP contribution in [0.2, 0.25) is 0 Å². The summed E-state index contributed by atoms with van der Waals surface area (Å²) < 4.78 is 25.5. The molecule has 1 aliphatic rings. The van der Waals surface area contributed by atoms with Crippen molar-refractivity contribution in [2.45, 2.75) is 6.61 Å². The van der Waals surface area contributed by atoms with E-state index in [9.17, 15) is 14.0 Å². The topological polar surface area (TPSA) is 67.9 Å². The Morgan fingerprint density at radius 3 is 2.68 bits per heavy atom. The normalized spacial score (nSPS) is 15.1. The van der Waals surface area contributed by atoms with Crippen molar-refractivity contribution in [3.05, 3.63) is 76.0 Å². The number of benzene rings is 2. The van der Waals surface area contributed by atoms with E-state index in [0.29, 0.717) is 27.1 Å². The average molecular weight is 505 g/mol. The molecule has 2 aromatic carbocycles. The lowest BCUT2D eigenvalue weighted by Gasteiger charge is -2.27. The quantitative estimate of drug-likeness (QED) is 0.267. The molecular formula is C22H18BrFN2O4S. The summed E-state index contributed by atoms with van der Waals surface area (Å²) in [6.45, 7) is 3.77. The number of hydrogen-bond donors (Lipinski definition) is 1. The average Bonchev–Trinajstić information content (AvgIpc) is 2.74. The Hall–Kier alpha value is -3.04. The maximum absolute atomic E-state index is 13.8. The van der Waals surface area contributed by atoms with Gasteiger partial charge in [-0.1, -0.05) is 40.2 Å². The van der Waals surface area contributed by atoms with Crippen molar-refractivity contribution in [3.63, 3.8) is 0 Å². The van der Waals surface area contributed by atoms with E-state index < -0.39 is 11.8 Å². The zero-order valence-electron chi connectivity index (χ0n) is 16.5. The molecule has 1 N–H and O–H groups in total. The molecule has 3 rings (SSSR count). The van der Waals surface area contributed by atoms with Crippen molar-refractivity contribution in [3.8, 4) is 11.5 Å². The molecule has 0 atom stereocenters. The van der Waals surface area contributed by atoms with Crippen LogP contribution >= 0.6 is 28.1 Å². The van der Waals surface area contributed by atoms with Crippen molar-refractivity contribution >= 4 is 51.2 Å². The first-order valence-electron chi connectivity index (χ1n) is 9.09. The number of carbonyl (C=O) groups is 2. The summed E-state index contributed by atoms with van der Waals surface area (Å²) in [5.41, 5.74) is 0.827. The molecule has 1 fully saturated rings. The molecule has 2 amide bonds. The van der Waals surface area contributed by atoms with E-state index in [2.05, 4.69) is 27.8 Å². The summed E-state index contributed by atoms with van der Waals surface area (Å²) in [7, 11) is 1.46. The Bertz CT molecular complexity index is 1100. The van der Waals surface area contributed by atoms with Crippen LogP contribution in [0, 0.1) is 5.82 Å². The third kappa shape index (κ3) is 5.00. The zero-order chi connectivity index (χ0) is 22.5. The highest BCUT2D eigenvalue weighted by Crippen LogP contribution is 2.35. The second kappa shape index (κ2) is 9.84. The maximum atomic E-state index is 13.8. The van der Waals surface area contributed by atoms with Crippen LogP contribution in [0.3, 0.4) is 0 Å². The van der Waals surface area contributed by atoms with Gasteiger partial charge in [0, 0.05) is 16.6 Å². The Kier molecular flexibility index (Phi) is 7.19. The number of methoxy groups -OCH3 is 1. The molecule has 0 saturated carbocycles. The molecule has 160 valence electrons. The second-order valence-corrected chi connectivity index (χ2v) is 7.67. The van der Waals surface area contributed by atoms with Crippen LogP contribution in [0.1, 0.15) is 11.1 Å². The van der Waals surface area contributed by atoms with Gasteiger partial charge in [0.05, 0.1) is 7.11 Å². The first-order chi connectivity index (χ1) is 14.8. The molecule has 1 aliphatic heterocycles. The third-order valence-electron chi connectivity index (χ3n) is 4.42. The lowest BCUT2D eigenvalue weighted by Crippen LogP contribution is -2.53. The van der Waals surface area contributed by atoms with Gasteiger partial charge in [0.15, 0.2) is 16.6 Å². The number of hydrogen-bond acceptors (Lipinski definition) is 5. The van der Waals surface area contributed by atoms with Gasteiger partial charge in [-0.2, -0.15) is 0 Å². The fraction of sp³-hybridized carbons (Fsp3) is 0.136. The number of rotatable bonds is 7. The first-order valence-corrected chi connectivity index (χ1v) is 10.3. The van der Waals surface area contributed by atoms with E-state index in [1.807, 2.05) is 0 Å². The van der Waals surface area contributed by atoms with Crippen molar-refractivity contribution in [1.29, 1.82) is 0 Å². The van der Waals surface area contributed by atoms with Gasteiger partial charge in [0.2, 0.25) is 0 Å². The number of amides is 2. The minimum Gasteiger partial charge on any atom is -0.493 e. The molecule has 0 aromatic heterocycles. The minimum atomic E-state index is -0.596. The molecule has 9 heteroatoms. The molecule has 0 spiro atoms. The zero-order valence-corrected chi connectivity index (χ0v) is 18.9. The number of thiocarbonyl (C=S) groups is 1. The lowest BCUT2D eigenvalue weighted by atomic mass is 10.1. The van der Waals surface area contributed by atoms with Crippen LogP contribution in [0.4, 0.5) is 4.39 Å². The molecular weight excluding hydrogens is 487 g/mol. The highest BCUT2D eigenvalue weighted by Gasteiger charge is 2.32. The van der Waals surface area contributed by atoms with E-state index in [-0.39, 0.29) is 29.7 Å². The third-order valence-corrected chi connectivity index (χ3v) is 5.43. The molecule has 1 saturated heterocycles. The van der Waals surface area contributed by atoms with Gasteiger partial charge >= 0.3 is 0 Å².